The number of esters is 1. The van der Waals surface area contributed by atoms with Crippen molar-refractivity contribution in [3.05, 3.63) is 62.2 Å². The van der Waals surface area contributed by atoms with E-state index in [1.54, 1.807) is 23.6 Å². The van der Waals surface area contributed by atoms with Crippen LogP contribution in [0.4, 0.5) is 4.39 Å². The Labute approximate surface area is 220 Å². The molecule has 9 heteroatoms. The molecular formula is C29H34FN3O5. The van der Waals surface area contributed by atoms with Gasteiger partial charge >= 0.3 is 5.97 Å². The lowest BCUT2D eigenvalue weighted by molar-refractivity contribution is -0.157. The average Bonchev–Trinajstić information content (AvgIpc) is 3.41. The van der Waals surface area contributed by atoms with Gasteiger partial charge in [0.1, 0.15) is 12.4 Å². The number of nitrogens with zero attached hydrogens (tertiary/aromatic N) is 3. The molecule has 0 bridgehead atoms. The first-order valence-electron chi connectivity index (χ1n) is 13.2. The predicted molar refractivity (Wildman–Crippen MR) is 141 cm³/mol. The number of pyridine rings is 2. The zero-order chi connectivity index (χ0) is 27.5. The second kappa shape index (κ2) is 9.55. The molecule has 1 saturated heterocycles. The summed E-state index contributed by atoms with van der Waals surface area (Å²) in [5, 5.41) is 21.4. The van der Waals surface area contributed by atoms with Crippen LogP contribution in [0.25, 0.3) is 22.3 Å². The minimum absolute atomic E-state index is 0.0223. The van der Waals surface area contributed by atoms with E-state index < -0.39 is 12.1 Å². The Balaban J connectivity index is 0.00000144. The number of carbonyl (C=O) groups excluding carboxylic acids is 1. The highest BCUT2D eigenvalue weighted by Gasteiger charge is 2.42. The van der Waals surface area contributed by atoms with Gasteiger partial charge in [0.25, 0.3) is 5.56 Å². The summed E-state index contributed by atoms with van der Waals surface area (Å²) in [7, 11) is 0. The summed E-state index contributed by atoms with van der Waals surface area (Å²) >= 11 is 0. The molecule has 3 atom stereocenters. The monoisotopic (exact) mass is 523 g/mol. The number of aliphatic hydroxyl groups is 2. The molecule has 0 aliphatic carbocycles. The molecular weight excluding hydrogens is 489 g/mol. The highest BCUT2D eigenvalue weighted by molar-refractivity contribution is 5.89. The normalized spacial score (nSPS) is 23.9. The number of benzene rings is 1. The molecule has 0 radical (unpaired) electrons. The lowest BCUT2D eigenvalue weighted by atomic mass is 9.95. The van der Waals surface area contributed by atoms with Crippen molar-refractivity contribution in [3.63, 3.8) is 0 Å². The summed E-state index contributed by atoms with van der Waals surface area (Å²) in [4.78, 5) is 32.4. The molecule has 0 saturated carbocycles. The number of likely N-dealkylation sites (tertiary alicyclic amines) is 1. The van der Waals surface area contributed by atoms with Gasteiger partial charge in [-0.3, -0.25) is 9.69 Å². The lowest BCUT2D eigenvalue weighted by Gasteiger charge is -2.37. The van der Waals surface area contributed by atoms with E-state index in [2.05, 4.69) is 18.7 Å². The van der Waals surface area contributed by atoms with Crippen LogP contribution in [0, 0.1) is 12.7 Å². The third kappa shape index (κ3) is 3.87. The van der Waals surface area contributed by atoms with E-state index >= 15 is 0 Å². The molecule has 0 spiro atoms. The second-order valence-electron chi connectivity index (χ2n) is 10.6. The number of rotatable bonds is 3. The summed E-state index contributed by atoms with van der Waals surface area (Å²) in [5.41, 5.74) is 3.58. The van der Waals surface area contributed by atoms with Crippen LogP contribution in [0.2, 0.25) is 0 Å². The lowest BCUT2D eigenvalue weighted by Crippen LogP contribution is -2.46. The number of cyclic esters (lactones) is 1. The molecule has 2 aromatic heterocycles. The van der Waals surface area contributed by atoms with Crippen molar-refractivity contribution < 1.29 is 24.1 Å². The Hall–Kier alpha value is -3.14. The van der Waals surface area contributed by atoms with Crippen LogP contribution in [-0.4, -0.2) is 48.8 Å². The molecule has 8 nitrogen and oxygen atoms in total. The fourth-order valence-electron chi connectivity index (χ4n) is 6.06. The smallest absolute Gasteiger partial charge is 0.340 e. The van der Waals surface area contributed by atoms with E-state index in [0.29, 0.717) is 29.0 Å². The Morgan fingerprint density at radius 2 is 1.95 bits per heavy atom. The number of hydrogen-bond acceptors (Lipinski definition) is 7. The van der Waals surface area contributed by atoms with Crippen LogP contribution in [0.1, 0.15) is 74.5 Å². The van der Waals surface area contributed by atoms with Crippen LogP contribution in [-0.2, 0) is 29.2 Å². The standard InChI is InChI=1S/C27H28FN3O5.C2H6/c1-13-6-15-17(10-31-14(2)4-5-27(31,3)12-32)18-9-30-22(23(18)29-21(15)8-20(13)28)7-16-19(25(30)34)11-36-26(35)24(16)33;1-2/h6-8,14,24,32-33H,4-5,9-12H2,1-3H3;1-2H3. The molecule has 1 aromatic carbocycles. The van der Waals surface area contributed by atoms with Crippen LogP contribution in [0.5, 0.6) is 0 Å². The van der Waals surface area contributed by atoms with E-state index in [4.69, 9.17) is 9.72 Å². The predicted octanol–water partition coefficient (Wildman–Crippen LogP) is 3.72. The highest BCUT2D eigenvalue weighted by Crippen LogP contribution is 2.41. The van der Waals surface area contributed by atoms with Crippen LogP contribution in [0.15, 0.2) is 23.0 Å². The number of aliphatic hydroxyl groups excluding tert-OH is 2. The van der Waals surface area contributed by atoms with Crippen molar-refractivity contribution in [2.75, 3.05) is 6.61 Å². The zero-order valence-electron chi connectivity index (χ0n) is 22.5. The molecule has 2 N–H and O–H groups in total. The van der Waals surface area contributed by atoms with Crippen molar-refractivity contribution in [1.82, 2.24) is 14.5 Å². The number of aromatic nitrogens is 2. The second-order valence-corrected chi connectivity index (χ2v) is 10.6. The number of aryl methyl sites for hydroxylation is 1. The summed E-state index contributed by atoms with van der Waals surface area (Å²) in [5.74, 6) is -1.16. The maximum Gasteiger partial charge on any atom is 0.340 e. The molecule has 3 unspecified atom stereocenters. The Bertz CT molecular complexity index is 1520. The SMILES string of the molecule is CC.Cc1cc2c(CN3C(C)CCC3(C)CO)c3c(nc2cc1F)-c1cc2c(c(=O)n1C3)COC(=O)C2O. The number of halogens is 1. The Kier molecular flexibility index (Phi) is 6.65. The molecule has 38 heavy (non-hydrogen) atoms. The van der Waals surface area contributed by atoms with Gasteiger partial charge in [0.05, 0.1) is 35.6 Å². The van der Waals surface area contributed by atoms with E-state index in [0.717, 1.165) is 29.4 Å². The molecule has 6 rings (SSSR count). The topological polar surface area (TPSA) is 105 Å². The van der Waals surface area contributed by atoms with Crippen molar-refractivity contribution in [2.24, 2.45) is 0 Å². The molecule has 3 aliphatic heterocycles. The largest absolute Gasteiger partial charge is 0.458 e. The van der Waals surface area contributed by atoms with E-state index in [9.17, 15) is 24.2 Å². The Morgan fingerprint density at radius 3 is 2.66 bits per heavy atom. The summed E-state index contributed by atoms with van der Waals surface area (Å²) < 4.78 is 21.2. The zero-order valence-corrected chi connectivity index (χ0v) is 22.5. The quantitative estimate of drug-likeness (QED) is 0.395. The van der Waals surface area contributed by atoms with Crippen molar-refractivity contribution in [1.29, 1.82) is 0 Å². The molecule has 1 fully saturated rings. The van der Waals surface area contributed by atoms with Crippen LogP contribution >= 0.6 is 0 Å². The average molecular weight is 524 g/mol. The van der Waals surface area contributed by atoms with Gasteiger partial charge in [-0.2, -0.15) is 0 Å². The molecule has 0 amide bonds. The minimum Gasteiger partial charge on any atom is -0.458 e. The summed E-state index contributed by atoms with van der Waals surface area (Å²) in [6, 6.07) is 5.09. The number of fused-ring (bicyclic) bond motifs is 5. The maximum atomic E-state index is 14.6. The third-order valence-corrected chi connectivity index (χ3v) is 8.35. The molecule has 5 heterocycles. The van der Waals surface area contributed by atoms with Gasteiger partial charge in [0, 0.05) is 40.7 Å². The first-order chi connectivity index (χ1) is 18.1. The van der Waals surface area contributed by atoms with E-state index in [1.807, 2.05) is 13.8 Å². The number of carbonyl (C=O) groups is 1. The summed E-state index contributed by atoms with van der Waals surface area (Å²) in [6.45, 7) is 10.5. The van der Waals surface area contributed by atoms with Crippen LogP contribution < -0.4 is 5.56 Å². The maximum absolute atomic E-state index is 14.6. The van der Waals surface area contributed by atoms with Crippen molar-refractivity contribution >= 4 is 16.9 Å². The van der Waals surface area contributed by atoms with Crippen molar-refractivity contribution in [2.45, 2.75) is 84.8 Å². The molecule has 3 aliphatic rings. The van der Waals surface area contributed by atoms with Gasteiger partial charge in [0.2, 0.25) is 0 Å². The van der Waals surface area contributed by atoms with Gasteiger partial charge < -0.3 is 19.5 Å². The van der Waals surface area contributed by atoms with Gasteiger partial charge in [-0.1, -0.05) is 13.8 Å². The van der Waals surface area contributed by atoms with Crippen molar-refractivity contribution in [3.8, 4) is 11.4 Å². The van der Waals surface area contributed by atoms with E-state index in [1.165, 1.54) is 6.07 Å². The van der Waals surface area contributed by atoms with E-state index in [-0.39, 0.29) is 53.8 Å². The highest BCUT2D eigenvalue weighted by atomic mass is 19.1. The number of ether oxygens (including phenoxy) is 1. The first-order valence-corrected chi connectivity index (χ1v) is 13.2. The number of hydrogen-bond donors (Lipinski definition) is 2. The van der Waals surface area contributed by atoms with Gasteiger partial charge in [-0.15, -0.1) is 0 Å². The van der Waals surface area contributed by atoms with Gasteiger partial charge in [0.15, 0.2) is 6.10 Å². The first kappa shape index (κ1) is 26.5. The Morgan fingerprint density at radius 1 is 1.21 bits per heavy atom. The van der Waals surface area contributed by atoms with Crippen LogP contribution in [0.3, 0.4) is 0 Å². The fourth-order valence-corrected chi connectivity index (χ4v) is 6.06. The molecule has 3 aromatic rings. The fraction of sp³-hybridized carbons (Fsp3) is 0.483. The summed E-state index contributed by atoms with van der Waals surface area (Å²) in [6.07, 6.45) is 0.281. The van der Waals surface area contributed by atoms with Gasteiger partial charge in [-0.25, -0.2) is 14.2 Å². The van der Waals surface area contributed by atoms with Gasteiger partial charge in [-0.05, 0) is 56.9 Å². The minimum atomic E-state index is -1.54. The third-order valence-electron chi connectivity index (χ3n) is 8.35. The molecule has 202 valence electrons.